The Hall–Kier alpha value is -0.620. The van der Waals surface area contributed by atoms with Crippen molar-refractivity contribution in [2.75, 3.05) is 0 Å². The Morgan fingerprint density at radius 1 is 1.62 bits per heavy atom. The van der Waals surface area contributed by atoms with Crippen LogP contribution in [0.1, 0.15) is 33.5 Å². The summed E-state index contributed by atoms with van der Waals surface area (Å²) in [6.07, 6.45) is 1.80. The molecular formula is C10H15BrN2O2S. The van der Waals surface area contributed by atoms with Gasteiger partial charge in [0.25, 0.3) is 0 Å². The van der Waals surface area contributed by atoms with E-state index in [1.165, 1.54) is 0 Å². The van der Waals surface area contributed by atoms with E-state index in [0.717, 1.165) is 0 Å². The van der Waals surface area contributed by atoms with E-state index in [2.05, 4.69) is 25.8 Å². The van der Waals surface area contributed by atoms with Gasteiger partial charge in [-0.25, -0.2) is 4.21 Å². The predicted molar refractivity (Wildman–Crippen MR) is 68.9 cm³/mol. The van der Waals surface area contributed by atoms with Crippen LogP contribution < -0.4 is 4.72 Å². The molecule has 0 saturated heterocycles. The summed E-state index contributed by atoms with van der Waals surface area (Å²) in [5, 5.41) is 3.72. The normalized spacial score (nSPS) is 14.9. The first-order valence-corrected chi connectivity index (χ1v) is 6.76. The van der Waals surface area contributed by atoms with E-state index in [9.17, 15) is 4.21 Å². The minimum Gasteiger partial charge on any atom is -0.354 e. The molecule has 1 unspecified atom stereocenters. The molecule has 90 valence electrons. The molecule has 0 amide bonds. The van der Waals surface area contributed by atoms with Gasteiger partial charge in [0, 0.05) is 6.07 Å². The number of nitrogens with zero attached hydrogens (tertiary/aromatic N) is 1. The highest BCUT2D eigenvalue weighted by atomic mass is 79.9. The Labute approximate surface area is 106 Å². The first kappa shape index (κ1) is 13.4. The van der Waals surface area contributed by atoms with Gasteiger partial charge >= 0.3 is 0 Å². The molecule has 1 N–H and O–H groups in total. The lowest BCUT2D eigenvalue weighted by Crippen LogP contribution is -2.32. The molecule has 1 heterocycles. The highest BCUT2D eigenvalue weighted by molar-refractivity contribution is 9.10. The monoisotopic (exact) mass is 306 g/mol. The summed E-state index contributed by atoms with van der Waals surface area (Å²) in [5.41, 5.74) is 0.673. The summed E-state index contributed by atoms with van der Waals surface area (Å²) in [5.74, 6) is 0.562. The van der Waals surface area contributed by atoms with E-state index in [-0.39, 0.29) is 4.75 Å². The van der Waals surface area contributed by atoms with E-state index < -0.39 is 11.0 Å². The summed E-state index contributed by atoms with van der Waals surface area (Å²) < 4.78 is 20.2. The lowest BCUT2D eigenvalue weighted by molar-refractivity contribution is 0.405. The third kappa shape index (κ3) is 3.45. The van der Waals surface area contributed by atoms with Gasteiger partial charge in [-0.3, -0.25) is 0 Å². The first-order valence-electron chi connectivity index (χ1n) is 4.82. The van der Waals surface area contributed by atoms with Crippen LogP contribution in [0.2, 0.25) is 0 Å². The summed E-state index contributed by atoms with van der Waals surface area (Å²) in [7, 11) is -1.18. The van der Waals surface area contributed by atoms with Crippen molar-refractivity contribution in [3.05, 3.63) is 22.5 Å². The van der Waals surface area contributed by atoms with Crippen LogP contribution in [0.5, 0.6) is 0 Å². The molecule has 0 fully saturated rings. The van der Waals surface area contributed by atoms with Gasteiger partial charge in [-0.1, -0.05) is 11.2 Å². The van der Waals surface area contributed by atoms with Crippen LogP contribution >= 0.6 is 15.9 Å². The van der Waals surface area contributed by atoms with E-state index in [1.807, 2.05) is 27.7 Å². The smallest absolute Gasteiger partial charge is 0.184 e. The molecule has 1 aromatic rings. The van der Waals surface area contributed by atoms with Crippen LogP contribution in [-0.4, -0.2) is 14.1 Å². The fourth-order valence-corrected chi connectivity index (χ4v) is 1.89. The van der Waals surface area contributed by atoms with Gasteiger partial charge in [0.2, 0.25) is 0 Å². The number of rotatable bonds is 3. The van der Waals surface area contributed by atoms with Crippen molar-refractivity contribution in [3.8, 4) is 0 Å². The van der Waals surface area contributed by atoms with Gasteiger partial charge in [-0.2, -0.15) is 0 Å². The van der Waals surface area contributed by atoms with Gasteiger partial charge in [-0.05, 0) is 43.6 Å². The molecule has 0 bridgehead atoms. The number of hydrogen-bond acceptors (Lipinski definition) is 3. The van der Waals surface area contributed by atoms with Crippen molar-refractivity contribution in [2.24, 2.45) is 0 Å². The molecule has 1 atom stereocenters. The number of aromatic nitrogens is 1. The highest BCUT2D eigenvalue weighted by Gasteiger charge is 2.21. The zero-order valence-electron chi connectivity index (χ0n) is 9.70. The van der Waals surface area contributed by atoms with Crippen molar-refractivity contribution in [3.63, 3.8) is 0 Å². The van der Waals surface area contributed by atoms with Crippen LogP contribution in [0.15, 0.2) is 21.3 Å². The van der Waals surface area contributed by atoms with Gasteiger partial charge in [0.05, 0.1) is 10.4 Å². The molecule has 0 radical (unpaired) electrons. The number of allylic oxidation sites excluding steroid dienone is 1. The van der Waals surface area contributed by atoms with Gasteiger partial charge in [0.15, 0.2) is 5.76 Å². The molecule has 0 saturated carbocycles. The first-order chi connectivity index (χ1) is 7.34. The second-order valence-electron chi connectivity index (χ2n) is 4.20. The maximum Gasteiger partial charge on any atom is 0.184 e. The van der Waals surface area contributed by atoms with Crippen molar-refractivity contribution >= 4 is 32.6 Å². The van der Waals surface area contributed by atoms with Gasteiger partial charge in [0.1, 0.15) is 15.6 Å². The van der Waals surface area contributed by atoms with Crippen molar-refractivity contribution < 1.29 is 8.73 Å². The Balaban J connectivity index is 2.83. The molecular weight excluding hydrogens is 292 g/mol. The molecule has 1 rings (SSSR count). The SMILES string of the molecule is CC=C(NS(=O)C(C)(C)C)c1cc(Br)no1. The molecule has 1 aromatic heterocycles. The van der Waals surface area contributed by atoms with Crippen LogP contribution in [-0.2, 0) is 11.0 Å². The third-order valence-electron chi connectivity index (χ3n) is 1.79. The third-order valence-corrected chi connectivity index (χ3v) is 3.69. The van der Waals surface area contributed by atoms with Gasteiger partial charge < -0.3 is 9.25 Å². The largest absolute Gasteiger partial charge is 0.354 e. The maximum absolute atomic E-state index is 11.9. The molecule has 4 nitrogen and oxygen atoms in total. The molecule has 0 aliphatic carbocycles. The molecule has 16 heavy (non-hydrogen) atoms. The average Bonchev–Trinajstić information content (AvgIpc) is 2.59. The minimum absolute atomic E-state index is 0.328. The Morgan fingerprint density at radius 3 is 2.62 bits per heavy atom. The van der Waals surface area contributed by atoms with Crippen molar-refractivity contribution in [2.45, 2.75) is 32.4 Å². The maximum atomic E-state index is 11.9. The highest BCUT2D eigenvalue weighted by Crippen LogP contribution is 2.19. The molecule has 0 spiro atoms. The summed E-state index contributed by atoms with van der Waals surface area (Å²) in [4.78, 5) is 0. The Kier molecular flexibility index (Phi) is 4.32. The molecule has 0 aromatic carbocycles. The van der Waals surface area contributed by atoms with E-state index in [0.29, 0.717) is 16.1 Å². The Bertz CT molecular complexity index is 421. The number of halogens is 1. The topological polar surface area (TPSA) is 55.1 Å². The minimum atomic E-state index is -1.18. The summed E-state index contributed by atoms with van der Waals surface area (Å²) in [6, 6.07) is 1.72. The molecule has 0 aliphatic heterocycles. The second-order valence-corrected chi connectivity index (χ2v) is 6.98. The average molecular weight is 307 g/mol. The quantitative estimate of drug-likeness (QED) is 0.934. The lowest BCUT2D eigenvalue weighted by Gasteiger charge is -2.19. The van der Waals surface area contributed by atoms with E-state index >= 15 is 0 Å². The van der Waals surface area contributed by atoms with Crippen LogP contribution in [0.4, 0.5) is 0 Å². The van der Waals surface area contributed by atoms with Crippen molar-refractivity contribution in [1.29, 1.82) is 0 Å². The second kappa shape index (κ2) is 5.14. The zero-order chi connectivity index (χ0) is 12.3. The van der Waals surface area contributed by atoms with Crippen LogP contribution in [0.3, 0.4) is 0 Å². The standard InChI is InChI=1S/C10H15BrN2O2S/c1-5-7(8-6-9(11)12-15-8)13-16(14)10(2,3)4/h5-6,13H,1-4H3. The van der Waals surface area contributed by atoms with Crippen molar-refractivity contribution in [1.82, 2.24) is 9.88 Å². The zero-order valence-corrected chi connectivity index (χ0v) is 12.1. The molecule has 6 heteroatoms. The van der Waals surface area contributed by atoms with Crippen LogP contribution in [0, 0.1) is 0 Å². The lowest BCUT2D eigenvalue weighted by atomic mass is 10.3. The Morgan fingerprint density at radius 2 is 2.25 bits per heavy atom. The van der Waals surface area contributed by atoms with Gasteiger partial charge in [-0.15, -0.1) is 0 Å². The van der Waals surface area contributed by atoms with Crippen LogP contribution in [0.25, 0.3) is 5.70 Å². The van der Waals surface area contributed by atoms with E-state index in [1.54, 1.807) is 12.1 Å². The predicted octanol–water partition coefficient (Wildman–Crippen LogP) is 2.85. The number of hydrogen-bond donors (Lipinski definition) is 1. The fourth-order valence-electron chi connectivity index (χ4n) is 0.885. The summed E-state index contributed by atoms with van der Waals surface area (Å²) >= 11 is 3.20. The summed E-state index contributed by atoms with van der Waals surface area (Å²) in [6.45, 7) is 7.55. The van der Waals surface area contributed by atoms with E-state index in [4.69, 9.17) is 4.52 Å². The molecule has 0 aliphatic rings. The number of nitrogens with one attached hydrogen (secondary N) is 1. The fraction of sp³-hybridized carbons (Fsp3) is 0.500.